The molecule has 16 heteroatoms. The fourth-order valence-corrected chi connectivity index (χ4v) is 11.2. The molecule has 0 spiro atoms. The minimum absolute atomic E-state index is 0.00742. The van der Waals surface area contributed by atoms with Crippen LogP contribution >= 0.6 is 11.6 Å². The molecule has 3 aromatic rings. The molecule has 2 aromatic carbocycles. The van der Waals surface area contributed by atoms with Gasteiger partial charge in [0.05, 0.1) is 33.0 Å². The van der Waals surface area contributed by atoms with Crippen LogP contribution in [0.25, 0.3) is 0 Å². The van der Waals surface area contributed by atoms with E-state index in [1.54, 1.807) is 24.4 Å². The van der Waals surface area contributed by atoms with Crippen LogP contribution in [0.4, 0.5) is 15.9 Å². The van der Waals surface area contributed by atoms with Crippen LogP contribution in [0, 0.1) is 33.9 Å². The van der Waals surface area contributed by atoms with Gasteiger partial charge in [-0.3, -0.25) is 39.1 Å². The number of piperidine rings is 2. The quantitative estimate of drug-likeness (QED) is 0.258. The van der Waals surface area contributed by atoms with Gasteiger partial charge in [-0.2, -0.15) is 5.26 Å². The number of fused-ring (bicyclic) bond motifs is 1. The summed E-state index contributed by atoms with van der Waals surface area (Å²) in [6.45, 7) is 16.3. The highest BCUT2D eigenvalue weighted by atomic mass is 35.5. The number of amides is 5. The molecule has 5 heterocycles. The van der Waals surface area contributed by atoms with Gasteiger partial charge in [-0.05, 0) is 75.4 Å². The Bertz CT molecular complexity index is 2350. The monoisotopic (exact) mass is 866 g/mol. The molecule has 0 radical (unpaired) electrons. The molecule has 1 aliphatic carbocycles. The normalized spacial score (nSPS) is 26.1. The maximum absolute atomic E-state index is 15.8. The summed E-state index contributed by atoms with van der Waals surface area (Å²) in [5.74, 6) is -1.50. The number of hydrogen-bond donors (Lipinski definition) is 2. The fourth-order valence-electron chi connectivity index (χ4n) is 11.0. The number of aromatic nitrogens is 1. The number of nitrogens with one attached hydrogen (secondary N) is 2. The lowest BCUT2D eigenvalue weighted by atomic mass is 9.49. The fraction of sp³-hybridized carbons (Fsp3) is 0.500. The summed E-state index contributed by atoms with van der Waals surface area (Å²) in [5.41, 5.74) is 0.318. The number of carbonyl (C=O) groups is 5. The second-order valence-corrected chi connectivity index (χ2v) is 19.2. The first kappa shape index (κ1) is 43.1. The lowest BCUT2D eigenvalue weighted by molar-refractivity contribution is -0.164. The molecule has 8 rings (SSSR count). The zero-order valence-corrected chi connectivity index (χ0v) is 36.6. The number of piperazine rings is 1. The molecule has 4 aliphatic heterocycles. The molecule has 1 saturated carbocycles. The predicted molar refractivity (Wildman–Crippen MR) is 229 cm³/mol. The maximum atomic E-state index is 15.8. The Kier molecular flexibility index (Phi) is 11.3. The van der Waals surface area contributed by atoms with Gasteiger partial charge >= 0.3 is 0 Å². The van der Waals surface area contributed by atoms with Crippen LogP contribution in [0.15, 0.2) is 48.7 Å². The van der Waals surface area contributed by atoms with Crippen LogP contribution in [0.3, 0.4) is 0 Å². The Balaban J connectivity index is 0.827. The Labute approximate surface area is 365 Å². The number of benzene rings is 2. The molecule has 14 nitrogen and oxygen atoms in total. The molecule has 2 N–H and O–H groups in total. The van der Waals surface area contributed by atoms with E-state index in [4.69, 9.17) is 21.3 Å². The van der Waals surface area contributed by atoms with Crippen LogP contribution in [0.2, 0.25) is 5.02 Å². The van der Waals surface area contributed by atoms with Crippen LogP contribution in [0.1, 0.15) is 104 Å². The average molecular weight is 867 g/mol. The molecule has 5 aliphatic rings. The molecule has 62 heavy (non-hydrogen) atoms. The number of nitriles is 1. The Hall–Kier alpha value is -5.59. The third-order valence-corrected chi connectivity index (χ3v) is 14.0. The van der Waals surface area contributed by atoms with E-state index < -0.39 is 46.3 Å². The number of hydrogen-bond acceptors (Lipinski definition) is 11. The second-order valence-electron chi connectivity index (χ2n) is 18.8. The zero-order valence-electron chi connectivity index (χ0n) is 35.8. The third-order valence-electron chi connectivity index (χ3n) is 13.7. The van der Waals surface area contributed by atoms with Crippen molar-refractivity contribution in [3.63, 3.8) is 0 Å². The van der Waals surface area contributed by atoms with Crippen LogP contribution in [-0.2, 0) is 9.59 Å². The van der Waals surface area contributed by atoms with E-state index in [1.165, 1.54) is 6.07 Å². The molecule has 4 fully saturated rings. The van der Waals surface area contributed by atoms with Crippen molar-refractivity contribution >= 4 is 52.6 Å². The van der Waals surface area contributed by atoms with Gasteiger partial charge in [-0.1, -0.05) is 39.3 Å². The van der Waals surface area contributed by atoms with E-state index in [9.17, 15) is 29.2 Å². The van der Waals surface area contributed by atoms with Crippen molar-refractivity contribution in [2.45, 2.75) is 97.5 Å². The number of pyridine rings is 1. The van der Waals surface area contributed by atoms with Gasteiger partial charge in [0.25, 0.3) is 17.7 Å². The van der Waals surface area contributed by atoms with Gasteiger partial charge in [0.2, 0.25) is 11.8 Å². The predicted octanol–water partition coefficient (Wildman–Crippen LogP) is 5.57. The summed E-state index contributed by atoms with van der Waals surface area (Å²) in [7, 11) is 0. The van der Waals surface area contributed by atoms with Crippen molar-refractivity contribution in [1.29, 1.82) is 5.26 Å². The largest absolute Gasteiger partial charge is 0.489 e. The van der Waals surface area contributed by atoms with E-state index in [-0.39, 0.29) is 59.8 Å². The molecule has 3 unspecified atom stereocenters. The van der Waals surface area contributed by atoms with Crippen LogP contribution < -0.4 is 25.2 Å². The minimum atomic E-state index is -1.12. The second kappa shape index (κ2) is 16.3. The number of halogens is 2. The lowest BCUT2D eigenvalue weighted by Gasteiger charge is -2.63. The maximum Gasteiger partial charge on any atom is 0.262 e. The molecule has 3 atom stereocenters. The summed E-state index contributed by atoms with van der Waals surface area (Å²) in [4.78, 5) is 76.6. The highest BCUT2D eigenvalue weighted by Crippen LogP contribution is 2.55. The van der Waals surface area contributed by atoms with Crippen LogP contribution in [-0.4, -0.2) is 107 Å². The summed E-state index contributed by atoms with van der Waals surface area (Å²) in [5, 5.41) is 15.0. The first-order valence-corrected chi connectivity index (χ1v) is 21.7. The van der Waals surface area contributed by atoms with Crippen molar-refractivity contribution in [3.8, 4) is 11.8 Å². The Morgan fingerprint density at radius 3 is 2.23 bits per heavy atom. The van der Waals surface area contributed by atoms with Gasteiger partial charge in [0, 0.05) is 80.4 Å². The smallest absolute Gasteiger partial charge is 0.262 e. The lowest BCUT2D eigenvalue weighted by Crippen LogP contribution is -2.74. The average Bonchev–Trinajstić information content (AvgIpc) is 3.46. The van der Waals surface area contributed by atoms with E-state index in [0.717, 1.165) is 49.3 Å². The van der Waals surface area contributed by atoms with Crippen molar-refractivity contribution in [3.05, 3.63) is 81.8 Å². The van der Waals surface area contributed by atoms with Gasteiger partial charge in [-0.15, -0.1) is 0 Å². The van der Waals surface area contributed by atoms with E-state index >= 15 is 4.39 Å². The number of anilines is 2. The molecular weight excluding hydrogens is 815 g/mol. The van der Waals surface area contributed by atoms with Crippen molar-refractivity contribution in [1.82, 2.24) is 25.4 Å². The SMILES string of the molecule is CC1CN(CC2CCN(c3ccc(C(=O)N[C@H]4C(C)(C)[C@H](Oc5ccc(C#N)c(Cl)c5)C4(C)C)cn3)CC2)CC(C)N1c1cc2c(cc1F)C(=O)N(C1CCC(=O)NC1=O)C2=O. The standard InChI is InChI=1S/C46H52ClFN8O6/c1-25-22-53(23-26(2)55(25)36-19-32-31(18-34(36)48)41(60)56(42(32)61)35-10-12-38(57)51-40(35)59)24-27-13-15-54(16-14-27)37-11-8-29(21-50-37)39(58)52-43-45(3,4)44(46(43,5)6)62-30-9-7-28(20-49)33(47)17-30/h7-9,11,17-19,21,25-27,35,43-44H,10,12-16,22-24H2,1-6H3,(H,52,58)(H,51,57,59)/t25?,26?,35?,43-,44-. The molecule has 3 saturated heterocycles. The number of rotatable bonds is 9. The molecule has 326 valence electrons. The summed E-state index contributed by atoms with van der Waals surface area (Å²) >= 11 is 6.25. The topological polar surface area (TPSA) is 168 Å². The van der Waals surface area contributed by atoms with E-state index in [2.05, 4.69) is 54.2 Å². The summed E-state index contributed by atoms with van der Waals surface area (Å²) in [6, 6.07) is 11.9. The number of ether oxygens (including phenoxy) is 1. The van der Waals surface area contributed by atoms with Gasteiger partial charge in [0.1, 0.15) is 35.6 Å². The highest BCUT2D eigenvalue weighted by molar-refractivity contribution is 6.31. The van der Waals surface area contributed by atoms with Crippen LogP contribution in [0.5, 0.6) is 5.75 Å². The van der Waals surface area contributed by atoms with Crippen molar-refractivity contribution in [2.75, 3.05) is 42.5 Å². The third kappa shape index (κ3) is 7.65. The first-order valence-electron chi connectivity index (χ1n) is 21.3. The highest BCUT2D eigenvalue weighted by Gasteiger charge is 2.64. The minimum Gasteiger partial charge on any atom is -0.489 e. The zero-order chi connectivity index (χ0) is 44.4. The molecule has 1 aromatic heterocycles. The van der Waals surface area contributed by atoms with E-state index in [1.807, 2.05) is 30.9 Å². The number of imide groups is 2. The van der Waals surface area contributed by atoms with Gasteiger partial charge in [0.15, 0.2) is 0 Å². The van der Waals surface area contributed by atoms with E-state index in [0.29, 0.717) is 40.9 Å². The molecule has 0 bridgehead atoms. The van der Waals surface area contributed by atoms with Gasteiger partial charge < -0.3 is 19.9 Å². The Morgan fingerprint density at radius 2 is 1.63 bits per heavy atom. The van der Waals surface area contributed by atoms with Crippen molar-refractivity contribution < 1.29 is 33.1 Å². The number of nitrogens with zero attached hydrogens (tertiary/aromatic N) is 6. The summed E-state index contributed by atoms with van der Waals surface area (Å²) < 4.78 is 22.2. The number of carbonyl (C=O) groups excluding carboxylic acids is 5. The summed E-state index contributed by atoms with van der Waals surface area (Å²) in [6.07, 6.45) is 3.40. The molecule has 5 amide bonds. The Morgan fingerprint density at radius 1 is 0.968 bits per heavy atom. The molecular formula is C46H52ClFN8O6. The van der Waals surface area contributed by atoms with Gasteiger partial charge in [-0.25, -0.2) is 9.37 Å². The van der Waals surface area contributed by atoms with Crippen molar-refractivity contribution in [2.24, 2.45) is 16.7 Å². The first-order chi connectivity index (χ1) is 29.4.